The molecule has 0 saturated carbocycles. The van der Waals surface area contributed by atoms with E-state index in [0.29, 0.717) is 0 Å². The lowest BCUT2D eigenvalue weighted by molar-refractivity contribution is 0.410. The molecule has 0 spiro atoms. The summed E-state index contributed by atoms with van der Waals surface area (Å²) >= 11 is 0. The lowest BCUT2D eigenvalue weighted by atomic mass is 9.67. The van der Waals surface area contributed by atoms with Crippen LogP contribution < -0.4 is 10.6 Å². The standard InChI is InChI=1S/C35H43N3/c1(2-13-25-36-27-28-38-30-32-17-14-26-37-29-32)12-23-35(33-18-8-4-9-19-33,34-20-10-5-11-21-34)24-22-31-15-6-3-7-16-31/h3-11,14-21,26,29,36,38H,1-2,12-13,22-25,27-28,30H2. The van der Waals surface area contributed by atoms with Crippen molar-refractivity contribution in [3.8, 4) is 0 Å². The monoisotopic (exact) mass is 505 g/mol. The molecule has 0 atom stereocenters. The number of nitrogens with zero attached hydrogens (tertiary/aromatic N) is 1. The Hall–Kier alpha value is -3.27. The SMILES string of the molecule is c1ccc(CCC(CCCCCCNCCNCc2cccnc2)(c2ccccc2)c2ccccc2)cc1. The van der Waals surface area contributed by atoms with Crippen molar-refractivity contribution in [3.63, 3.8) is 0 Å². The molecule has 4 rings (SSSR count). The van der Waals surface area contributed by atoms with Crippen molar-refractivity contribution in [2.45, 2.75) is 56.9 Å². The minimum atomic E-state index is 0.0382. The van der Waals surface area contributed by atoms with Crippen LogP contribution in [0.1, 0.15) is 60.8 Å². The first-order valence-electron chi connectivity index (χ1n) is 14.3. The van der Waals surface area contributed by atoms with Crippen molar-refractivity contribution in [3.05, 3.63) is 138 Å². The number of hydrogen-bond acceptors (Lipinski definition) is 3. The van der Waals surface area contributed by atoms with Gasteiger partial charge < -0.3 is 10.6 Å². The third-order valence-corrected chi connectivity index (χ3v) is 7.57. The van der Waals surface area contributed by atoms with Crippen LogP contribution in [0.2, 0.25) is 0 Å². The van der Waals surface area contributed by atoms with E-state index in [1.807, 2.05) is 18.5 Å². The molecule has 0 radical (unpaired) electrons. The van der Waals surface area contributed by atoms with Gasteiger partial charge in [0.2, 0.25) is 0 Å². The van der Waals surface area contributed by atoms with Crippen LogP contribution in [0.5, 0.6) is 0 Å². The van der Waals surface area contributed by atoms with Gasteiger partial charge in [-0.25, -0.2) is 0 Å². The molecular weight excluding hydrogens is 462 g/mol. The number of hydrogen-bond donors (Lipinski definition) is 2. The van der Waals surface area contributed by atoms with Gasteiger partial charge in [-0.05, 0) is 60.5 Å². The van der Waals surface area contributed by atoms with E-state index in [0.717, 1.165) is 39.0 Å². The molecule has 38 heavy (non-hydrogen) atoms. The zero-order valence-corrected chi connectivity index (χ0v) is 22.7. The second kappa shape index (κ2) is 15.9. The summed E-state index contributed by atoms with van der Waals surface area (Å²) in [5, 5.41) is 7.07. The fourth-order valence-corrected chi connectivity index (χ4v) is 5.45. The maximum atomic E-state index is 4.17. The minimum Gasteiger partial charge on any atom is -0.315 e. The van der Waals surface area contributed by atoms with Gasteiger partial charge in [0.1, 0.15) is 0 Å². The minimum absolute atomic E-state index is 0.0382. The third kappa shape index (κ3) is 8.65. The summed E-state index contributed by atoms with van der Waals surface area (Å²) in [5.41, 5.74) is 5.59. The van der Waals surface area contributed by atoms with Gasteiger partial charge in [0.25, 0.3) is 0 Å². The van der Waals surface area contributed by atoms with Crippen molar-refractivity contribution < 1.29 is 0 Å². The van der Waals surface area contributed by atoms with Crippen LogP contribution in [0.25, 0.3) is 0 Å². The predicted octanol–water partition coefficient (Wildman–Crippen LogP) is 7.33. The fourth-order valence-electron chi connectivity index (χ4n) is 5.45. The average Bonchev–Trinajstić information content (AvgIpc) is 2.99. The van der Waals surface area contributed by atoms with E-state index in [9.17, 15) is 0 Å². The topological polar surface area (TPSA) is 37.0 Å². The summed E-state index contributed by atoms with van der Waals surface area (Å²) in [7, 11) is 0. The number of nitrogens with one attached hydrogen (secondary N) is 2. The Kier molecular flexibility index (Phi) is 11.6. The summed E-state index contributed by atoms with van der Waals surface area (Å²) in [4.78, 5) is 4.17. The van der Waals surface area contributed by atoms with Crippen LogP contribution in [-0.4, -0.2) is 24.6 Å². The summed E-state index contributed by atoms with van der Waals surface area (Å²) in [6, 6.07) is 37.5. The van der Waals surface area contributed by atoms with E-state index in [1.54, 1.807) is 0 Å². The van der Waals surface area contributed by atoms with Crippen molar-refractivity contribution >= 4 is 0 Å². The maximum absolute atomic E-state index is 4.17. The van der Waals surface area contributed by atoms with Crippen molar-refractivity contribution in [1.29, 1.82) is 0 Å². The molecule has 0 aliphatic heterocycles. The number of rotatable bonds is 17. The van der Waals surface area contributed by atoms with Crippen molar-refractivity contribution in [1.82, 2.24) is 15.6 Å². The van der Waals surface area contributed by atoms with E-state index in [1.165, 1.54) is 54.4 Å². The Labute approximate surface area is 229 Å². The molecule has 0 aliphatic carbocycles. The van der Waals surface area contributed by atoms with E-state index >= 15 is 0 Å². The molecule has 198 valence electrons. The molecule has 0 amide bonds. The molecule has 0 aliphatic rings. The van der Waals surface area contributed by atoms with Crippen molar-refractivity contribution in [2.24, 2.45) is 0 Å². The molecular formula is C35H43N3. The highest BCUT2D eigenvalue weighted by molar-refractivity contribution is 5.39. The summed E-state index contributed by atoms with van der Waals surface area (Å²) in [6.45, 7) is 3.95. The van der Waals surface area contributed by atoms with Crippen molar-refractivity contribution in [2.75, 3.05) is 19.6 Å². The summed E-state index contributed by atoms with van der Waals surface area (Å²) < 4.78 is 0. The Bertz CT molecular complexity index is 1090. The number of pyridine rings is 1. The van der Waals surface area contributed by atoms with E-state index < -0.39 is 0 Å². The van der Waals surface area contributed by atoms with E-state index in [-0.39, 0.29) is 5.41 Å². The second-order valence-electron chi connectivity index (χ2n) is 10.3. The largest absolute Gasteiger partial charge is 0.315 e. The van der Waals surface area contributed by atoms with E-state index in [4.69, 9.17) is 0 Å². The Morgan fingerprint density at radius 2 is 1.13 bits per heavy atom. The zero-order valence-electron chi connectivity index (χ0n) is 22.7. The molecule has 3 heteroatoms. The molecule has 0 fully saturated rings. The number of unbranched alkanes of at least 4 members (excludes halogenated alkanes) is 3. The zero-order chi connectivity index (χ0) is 26.1. The first-order valence-corrected chi connectivity index (χ1v) is 14.3. The van der Waals surface area contributed by atoms with Crippen LogP contribution >= 0.6 is 0 Å². The first-order chi connectivity index (χ1) is 18.9. The lowest BCUT2D eigenvalue weighted by Crippen LogP contribution is -2.29. The van der Waals surface area contributed by atoms with Gasteiger partial charge in [-0.1, -0.05) is 116 Å². The molecule has 0 unspecified atom stereocenters. The molecule has 2 N–H and O–H groups in total. The Morgan fingerprint density at radius 3 is 1.79 bits per heavy atom. The van der Waals surface area contributed by atoms with E-state index in [2.05, 4.69) is 113 Å². The van der Waals surface area contributed by atoms with Gasteiger partial charge in [-0.3, -0.25) is 4.98 Å². The maximum Gasteiger partial charge on any atom is 0.0312 e. The van der Waals surface area contributed by atoms with Crippen LogP contribution in [0.4, 0.5) is 0 Å². The Morgan fingerprint density at radius 1 is 0.526 bits per heavy atom. The highest BCUT2D eigenvalue weighted by atomic mass is 14.9. The number of aryl methyl sites for hydroxylation is 1. The lowest BCUT2D eigenvalue weighted by Gasteiger charge is -2.36. The average molecular weight is 506 g/mol. The highest BCUT2D eigenvalue weighted by Gasteiger charge is 2.33. The second-order valence-corrected chi connectivity index (χ2v) is 10.3. The van der Waals surface area contributed by atoms with Gasteiger partial charge in [-0.2, -0.15) is 0 Å². The molecule has 1 aromatic heterocycles. The van der Waals surface area contributed by atoms with Gasteiger partial charge in [0.15, 0.2) is 0 Å². The molecule has 3 nitrogen and oxygen atoms in total. The fraction of sp³-hybridized carbons (Fsp3) is 0.343. The number of benzene rings is 3. The van der Waals surface area contributed by atoms with Crippen LogP contribution in [-0.2, 0) is 18.4 Å². The highest BCUT2D eigenvalue weighted by Crippen LogP contribution is 2.41. The summed E-state index contributed by atoms with van der Waals surface area (Å²) in [6.07, 6.45) is 12.1. The predicted molar refractivity (Wildman–Crippen MR) is 160 cm³/mol. The smallest absolute Gasteiger partial charge is 0.0312 e. The quantitative estimate of drug-likeness (QED) is 0.148. The van der Waals surface area contributed by atoms with Gasteiger partial charge >= 0.3 is 0 Å². The molecule has 0 saturated heterocycles. The van der Waals surface area contributed by atoms with Gasteiger partial charge in [0.05, 0.1) is 0 Å². The van der Waals surface area contributed by atoms with Gasteiger partial charge in [-0.15, -0.1) is 0 Å². The molecule has 0 bridgehead atoms. The molecule has 1 heterocycles. The van der Waals surface area contributed by atoms with Crippen LogP contribution in [0.15, 0.2) is 116 Å². The Balaban J connectivity index is 1.26. The number of aromatic nitrogens is 1. The molecule has 3 aromatic carbocycles. The molecule has 4 aromatic rings. The van der Waals surface area contributed by atoms with Crippen LogP contribution in [0.3, 0.4) is 0 Å². The normalized spacial score (nSPS) is 11.5. The third-order valence-electron chi connectivity index (χ3n) is 7.57. The first kappa shape index (κ1) is 27.8. The summed E-state index contributed by atoms with van der Waals surface area (Å²) in [5.74, 6) is 0. The van der Waals surface area contributed by atoms with Gasteiger partial charge in [0, 0.05) is 37.4 Å². The van der Waals surface area contributed by atoms with Crippen LogP contribution in [0, 0.1) is 0 Å².